The van der Waals surface area contributed by atoms with Gasteiger partial charge in [0.2, 0.25) is 11.8 Å². The maximum atomic E-state index is 13.4. The first-order chi connectivity index (χ1) is 17.2. The molecule has 4 heterocycles. The van der Waals surface area contributed by atoms with Crippen LogP contribution in [0.15, 0.2) is 60.2 Å². The van der Waals surface area contributed by atoms with E-state index in [1.54, 1.807) is 29.2 Å². The Bertz CT molecular complexity index is 1240. The SMILES string of the molecule is O=C(NCCCN1CCN(c2ncccn2)CC1)c1nc(-c2cccs2)n(-c2ccc(F)cc2)n1. The third kappa shape index (κ3) is 5.52. The number of hydrogen-bond acceptors (Lipinski definition) is 8. The number of aromatic nitrogens is 5. The smallest absolute Gasteiger partial charge is 0.290 e. The van der Waals surface area contributed by atoms with Gasteiger partial charge in [-0.05, 0) is 54.7 Å². The number of nitrogens with zero attached hydrogens (tertiary/aromatic N) is 7. The van der Waals surface area contributed by atoms with Crippen molar-refractivity contribution in [2.45, 2.75) is 6.42 Å². The van der Waals surface area contributed by atoms with Gasteiger partial charge in [-0.25, -0.2) is 24.0 Å². The number of piperazine rings is 1. The fourth-order valence-electron chi connectivity index (χ4n) is 3.95. The van der Waals surface area contributed by atoms with E-state index in [2.05, 4.69) is 35.2 Å². The van der Waals surface area contributed by atoms with Crippen molar-refractivity contribution in [2.24, 2.45) is 0 Å². The van der Waals surface area contributed by atoms with Crippen molar-refractivity contribution in [3.63, 3.8) is 0 Å². The molecule has 1 N–H and O–H groups in total. The molecule has 1 aliphatic rings. The molecule has 1 saturated heterocycles. The highest BCUT2D eigenvalue weighted by molar-refractivity contribution is 7.13. The number of amides is 1. The normalized spacial score (nSPS) is 14.3. The molecule has 3 aromatic heterocycles. The molecule has 9 nitrogen and oxygen atoms in total. The van der Waals surface area contributed by atoms with Crippen molar-refractivity contribution in [1.29, 1.82) is 0 Å². The summed E-state index contributed by atoms with van der Waals surface area (Å²) in [5.41, 5.74) is 0.640. The van der Waals surface area contributed by atoms with Gasteiger partial charge in [0.05, 0.1) is 10.6 Å². The molecule has 11 heteroatoms. The third-order valence-corrected chi connectivity index (χ3v) is 6.63. The first-order valence-corrected chi connectivity index (χ1v) is 12.3. The van der Waals surface area contributed by atoms with Crippen LogP contribution in [0.5, 0.6) is 0 Å². The van der Waals surface area contributed by atoms with Gasteiger partial charge < -0.3 is 10.2 Å². The average molecular weight is 493 g/mol. The number of hydrogen-bond donors (Lipinski definition) is 1. The minimum atomic E-state index is -0.334. The number of rotatable bonds is 8. The highest BCUT2D eigenvalue weighted by atomic mass is 32.1. The van der Waals surface area contributed by atoms with Crippen LogP contribution in [0.3, 0.4) is 0 Å². The summed E-state index contributed by atoms with van der Waals surface area (Å²) in [7, 11) is 0. The van der Waals surface area contributed by atoms with Crippen molar-refractivity contribution in [2.75, 3.05) is 44.2 Å². The molecular weight excluding hydrogens is 467 g/mol. The van der Waals surface area contributed by atoms with Crippen LogP contribution in [0.25, 0.3) is 16.4 Å². The number of carbonyl (C=O) groups excluding carboxylic acids is 1. The summed E-state index contributed by atoms with van der Waals surface area (Å²) in [5.74, 6) is 0.758. The van der Waals surface area contributed by atoms with E-state index in [4.69, 9.17) is 0 Å². The van der Waals surface area contributed by atoms with Crippen LogP contribution in [0.2, 0.25) is 0 Å². The van der Waals surface area contributed by atoms with E-state index in [1.165, 1.54) is 23.5 Å². The van der Waals surface area contributed by atoms with Gasteiger partial charge in [-0.15, -0.1) is 16.4 Å². The molecular formula is C24H25FN8OS. The molecule has 1 aromatic carbocycles. The minimum absolute atomic E-state index is 0.0919. The molecule has 1 aliphatic heterocycles. The molecule has 0 aliphatic carbocycles. The Morgan fingerprint density at radius 3 is 2.51 bits per heavy atom. The van der Waals surface area contributed by atoms with Crippen LogP contribution in [0, 0.1) is 5.82 Å². The summed E-state index contributed by atoms with van der Waals surface area (Å²) in [6.07, 6.45) is 4.35. The molecule has 0 bridgehead atoms. The van der Waals surface area contributed by atoms with Gasteiger partial charge in [0, 0.05) is 45.1 Å². The Hall–Kier alpha value is -3.70. The lowest BCUT2D eigenvalue weighted by atomic mass is 10.3. The second kappa shape index (κ2) is 10.7. The van der Waals surface area contributed by atoms with Gasteiger partial charge in [-0.1, -0.05) is 6.07 Å². The third-order valence-electron chi connectivity index (χ3n) is 5.77. The van der Waals surface area contributed by atoms with Gasteiger partial charge in [0.15, 0.2) is 5.82 Å². The molecule has 180 valence electrons. The average Bonchev–Trinajstić information content (AvgIpc) is 3.58. The van der Waals surface area contributed by atoms with Crippen LogP contribution in [-0.2, 0) is 0 Å². The lowest BCUT2D eigenvalue weighted by Crippen LogP contribution is -2.47. The highest BCUT2D eigenvalue weighted by Crippen LogP contribution is 2.25. The molecule has 0 saturated carbocycles. The lowest BCUT2D eigenvalue weighted by Gasteiger charge is -2.34. The second-order valence-corrected chi connectivity index (χ2v) is 9.06. The minimum Gasteiger partial charge on any atom is -0.349 e. The molecule has 1 amide bonds. The molecule has 1 fully saturated rings. The number of benzene rings is 1. The number of nitrogens with one attached hydrogen (secondary N) is 1. The van der Waals surface area contributed by atoms with Crippen LogP contribution in [0.4, 0.5) is 10.3 Å². The van der Waals surface area contributed by atoms with Crippen LogP contribution in [0.1, 0.15) is 17.0 Å². The van der Waals surface area contributed by atoms with E-state index in [9.17, 15) is 9.18 Å². The summed E-state index contributed by atoms with van der Waals surface area (Å²) < 4.78 is 15.0. The van der Waals surface area contributed by atoms with Gasteiger partial charge in [0.25, 0.3) is 5.91 Å². The van der Waals surface area contributed by atoms with Gasteiger partial charge >= 0.3 is 0 Å². The summed E-state index contributed by atoms with van der Waals surface area (Å²) in [6, 6.07) is 11.6. The van der Waals surface area contributed by atoms with E-state index in [0.717, 1.165) is 50.0 Å². The number of halogens is 1. The zero-order chi connectivity index (χ0) is 24.0. The van der Waals surface area contributed by atoms with Crippen molar-refractivity contribution in [3.05, 3.63) is 71.9 Å². The highest BCUT2D eigenvalue weighted by Gasteiger charge is 2.20. The van der Waals surface area contributed by atoms with E-state index in [-0.39, 0.29) is 17.5 Å². The second-order valence-electron chi connectivity index (χ2n) is 8.11. The van der Waals surface area contributed by atoms with Gasteiger partial charge in [-0.3, -0.25) is 9.69 Å². The largest absolute Gasteiger partial charge is 0.349 e. The number of thiophene rings is 1. The van der Waals surface area contributed by atoms with Crippen LogP contribution >= 0.6 is 11.3 Å². The Morgan fingerprint density at radius 1 is 1.03 bits per heavy atom. The summed E-state index contributed by atoms with van der Waals surface area (Å²) in [4.78, 5) is 31.3. The standard InChI is InChI=1S/C24H25FN8OS/c25-18-5-7-19(8-6-18)33-22(20-4-1-17-35-20)29-21(30-33)23(34)26-11-3-12-31-13-15-32(16-14-31)24-27-9-2-10-28-24/h1-2,4-10,17H,3,11-16H2,(H,26,34). The molecule has 35 heavy (non-hydrogen) atoms. The maximum absolute atomic E-state index is 13.4. The van der Waals surface area contributed by atoms with E-state index in [1.807, 2.05) is 23.6 Å². The zero-order valence-electron chi connectivity index (χ0n) is 19.0. The van der Waals surface area contributed by atoms with Crippen LogP contribution < -0.4 is 10.2 Å². The lowest BCUT2D eigenvalue weighted by molar-refractivity contribution is 0.0941. The maximum Gasteiger partial charge on any atom is 0.290 e. The Morgan fingerprint density at radius 2 is 1.80 bits per heavy atom. The van der Waals surface area contributed by atoms with Gasteiger partial charge in [-0.2, -0.15) is 0 Å². The predicted octanol–water partition coefficient (Wildman–Crippen LogP) is 2.87. The van der Waals surface area contributed by atoms with Crippen LogP contribution in [-0.4, -0.2) is 74.8 Å². The Kier molecular flexibility index (Phi) is 7.05. The number of carbonyl (C=O) groups is 1. The Balaban J connectivity index is 1.15. The Labute approximate surface area is 206 Å². The molecule has 5 rings (SSSR count). The zero-order valence-corrected chi connectivity index (χ0v) is 19.9. The monoisotopic (exact) mass is 492 g/mol. The molecule has 0 spiro atoms. The fraction of sp³-hybridized carbons (Fsp3) is 0.292. The molecule has 0 unspecified atom stereocenters. The van der Waals surface area contributed by atoms with Crippen molar-refractivity contribution >= 4 is 23.2 Å². The topological polar surface area (TPSA) is 92.1 Å². The quantitative estimate of drug-likeness (QED) is 0.378. The summed E-state index contributed by atoms with van der Waals surface area (Å²) >= 11 is 1.50. The summed E-state index contributed by atoms with van der Waals surface area (Å²) in [5, 5.41) is 9.29. The molecule has 0 atom stereocenters. The first kappa shape index (κ1) is 23.1. The molecule has 4 aromatic rings. The fourth-order valence-corrected chi connectivity index (χ4v) is 4.64. The first-order valence-electron chi connectivity index (χ1n) is 11.5. The predicted molar refractivity (Wildman–Crippen MR) is 132 cm³/mol. The number of anilines is 1. The van der Waals surface area contributed by atoms with E-state index >= 15 is 0 Å². The van der Waals surface area contributed by atoms with Gasteiger partial charge in [0.1, 0.15) is 5.82 Å². The van der Waals surface area contributed by atoms with Crippen molar-refractivity contribution < 1.29 is 9.18 Å². The van der Waals surface area contributed by atoms with E-state index in [0.29, 0.717) is 18.1 Å². The van der Waals surface area contributed by atoms with E-state index < -0.39 is 0 Å². The van der Waals surface area contributed by atoms with Crippen molar-refractivity contribution in [3.8, 4) is 16.4 Å². The summed E-state index contributed by atoms with van der Waals surface area (Å²) in [6.45, 7) is 5.04. The van der Waals surface area contributed by atoms with Crippen molar-refractivity contribution in [1.82, 2.24) is 34.9 Å². The molecule has 0 radical (unpaired) electrons.